The maximum Gasteiger partial charge on any atom is 0.405 e. The summed E-state index contributed by atoms with van der Waals surface area (Å²) in [5.74, 6) is 0. The van der Waals surface area contributed by atoms with Crippen LogP contribution in [0.2, 0.25) is 0 Å². The number of benzene rings is 1. The van der Waals surface area contributed by atoms with Crippen molar-refractivity contribution in [3.05, 3.63) is 36.0 Å². The highest BCUT2D eigenvalue weighted by Gasteiger charge is 2.32. The molecule has 0 amide bonds. The number of hydrogen-bond acceptors (Lipinski definition) is 4. The second-order valence-corrected chi connectivity index (χ2v) is 4.41. The standard InChI is InChI=1S/C14H12F3N3O/c15-14(16,17)9-20(5-6-21)13-10(7-18)8-19-12-4-2-1-3-11(12)13/h1-4,8,21H,5-6,9H2. The topological polar surface area (TPSA) is 60.2 Å². The summed E-state index contributed by atoms with van der Waals surface area (Å²) in [6.45, 7) is -1.91. The number of aliphatic hydroxyl groups is 1. The largest absolute Gasteiger partial charge is 0.405 e. The number of aromatic nitrogens is 1. The Bertz CT molecular complexity index is 679. The highest BCUT2D eigenvalue weighted by Crippen LogP contribution is 2.31. The molecule has 2 rings (SSSR count). The van der Waals surface area contributed by atoms with Crippen molar-refractivity contribution in [1.82, 2.24) is 4.98 Å². The van der Waals surface area contributed by atoms with E-state index in [2.05, 4.69) is 4.98 Å². The van der Waals surface area contributed by atoms with E-state index in [1.165, 1.54) is 6.20 Å². The molecule has 4 nitrogen and oxygen atoms in total. The van der Waals surface area contributed by atoms with Gasteiger partial charge in [0.15, 0.2) is 0 Å². The Morgan fingerprint density at radius 2 is 2.00 bits per heavy atom. The Morgan fingerprint density at radius 3 is 2.62 bits per heavy atom. The van der Waals surface area contributed by atoms with Crippen molar-refractivity contribution in [3.8, 4) is 6.07 Å². The van der Waals surface area contributed by atoms with Gasteiger partial charge in [-0.15, -0.1) is 0 Å². The molecule has 0 fully saturated rings. The van der Waals surface area contributed by atoms with Crippen molar-refractivity contribution < 1.29 is 18.3 Å². The van der Waals surface area contributed by atoms with Gasteiger partial charge >= 0.3 is 6.18 Å². The minimum atomic E-state index is -4.44. The number of nitrogens with zero attached hydrogens (tertiary/aromatic N) is 3. The first-order valence-corrected chi connectivity index (χ1v) is 6.16. The van der Waals surface area contributed by atoms with Crippen LogP contribution < -0.4 is 4.90 Å². The predicted molar refractivity (Wildman–Crippen MR) is 71.8 cm³/mol. The first-order chi connectivity index (χ1) is 9.96. The van der Waals surface area contributed by atoms with Gasteiger partial charge in [-0.25, -0.2) is 0 Å². The van der Waals surface area contributed by atoms with Crippen molar-refractivity contribution in [2.24, 2.45) is 0 Å². The first kappa shape index (κ1) is 15.1. The van der Waals surface area contributed by atoms with E-state index in [0.29, 0.717) is 10.9 Å². The van der Waals surface area contributed by atoms with E-state index in [1.54, 1.807) is 24.3 Å². The Balaban J connectivity index is 2.62. The van der Waals surface area contributed by atoms with Crippen LogP contribution in [-0.4, -0.2) is 36.0 Å². The predicted octanol–water partition coefficient (Wildman–Crippen LogP) is 2.47. The second kappa shape index (κ2) is 5.97. The number of para-hydroxylation sites is 1. The average molecular weight is 295 g/mol. The van der Waals surface area contributed by atoms with Gasteiger partial charge in [-0.1, -0.05) is 18.2 Å². The quantitative estimate of drug-likeness (QED) is 0.941. The molecule has 1 aromatic heterocycles. The zero-order chi connectivity index (χ0) is 15.5. The number of alkyl halides is 3. The van der Waals surface area contributed by atoms with E-state index < -0.39 is 19.3 Å². The maximum atomic E-state index is 12.7. The number of hydrogen-bond donors (Lipinski definition) is 1. The normalized spacial score (nSPS) is 11.4. The van der Waals surface area contributed by atoms with Crippen LogP contribution >= 0.6 is 0 Å². The molecule has 0 radical (unpaired) electrons. The molecular weight excluding hydrogens is 283 g/mol. The number of halogens is 3. The molecule has 0 atom stereocenters. The van der Waals surface area contributed by atoms with Gasteiger partial charge in [0.1, 0.15) is 12.6 Å². The first-order valence-electron chi connectivity index (χ1n) is 6.16. The summed E-state index contributed by atoms with van der Waals surface area (Å²) in [6.07, 6.45) is -3.19. The summed E-state index contributed by atoms with van der Waals surface area (Å²) in [4.78, 5) is 5.02. The fraction of sp³-hybridized carbons (Fsp3) is 0.286. The number of rotatable bonds is 4. The molecule has 7 heteroatoms. The van der Waals surface area contributed by atoms with Gasteiger partial charge in [-0.3, -0.25) is 4.98 Å². The minimum Gasteiger partial charge on any atom is -0.395 e. The zero-order valence-electron chi connectivity index (χ0n) is 10.9. The third-order valence-corrected chi connectivity index (χ3v) is 2.92. The van der Waals surface area contributed by atoms with Crippen LogP contribution in [0.15, 0.2) is 30.5 Å². The van der Waals surface area contributed by atoms with Gasteiger partial charge in [-0.2, -0.15) is 18.4 Å². The summed E-state index contributed by atoms with van der Waals surface area (Å²) < 4.78 is 38.2. The molecule has 1 aromatic carbocycles. The number of aliphatic hydroxyl groups excluding tert-OH is 1. The molecule has 0 saturated heterocycles. The molecule has 0 spiro atoms. The lowest BCUT2D eigenvalue weighted by Crippen LogP contribution is -2.37. The lowest BCUT2D eigenvalue weighted by atomic mass is 10.1. The summed E-state index contributed by atoms with van der Waals surface area (Å²) in [5, 5.41) is 18.6. The summed E-state index contributed by atoms with van der Waals surface area (Å²) in [6, 6.07) is 8.51. The molecule has 0 bridgehead atoms. The molecule has 0 aliphatic carbocycles. The lowest BCUT2D eigenvalue weighted by Gasteiger charge is -2.27. The molecule has 0 aliphatic heterocycles. The molecule has 1 heterocycles. The molecule has 0 saturated carbocycles. The van der Waals surface area contributed by atoms with Crippen molar-refractivity contribution in [3.63, 3.8) is 0 Å². The lowest BCUT2D eigenvalue weighted by molar-refractivity contribution is -0.119. The van der Waals surface area contributed by atoms with Crippen LogP contribution in [0.5, 0.6) is 0 Å². The molecule has 2 aromatic rings. The highest BCUT2D eigenvalue weighted by atomic mass is 19.4. The Morgan fingerprint density at radius 1 is 1.29 bits per heavy atom. The van der Waals surface area contributed by atoms with Crippen molar-refractivity contribution >= 4 is 16.6 Å². The van der Waals surface area contributed by atoms with E-state index in [-0.39, 0.29) is 17.8 Å². The number of pyridine rings is 1. The highest BCUT2D eigenvalue weighted by molar-refractivity contribution is 5.94. The van der Waals surface area contributed by atoms with Gasteiger partial charge in [0, 0.05) is 18.1 Å². The zero-order valence-corrected chi connectivity index (χ0v) is 10.9. The van der Waals surface area contributed by atoms with Crippen LogP contribution in [0.25, 0.3) is 10.9 Å². The number of nitriles is 1. The fourth-order valence-corrected chi connectivity index (χ4v) is 2.16. The maximum absolute atomic E-state index is 12.7. The third kappa shape index (κ3) is 3.41. The molecule has 0 unspecified atom stereocenters. The summed E-state index contributed by atoms with van der Waals surface area (Å²) in [7, 11) is 0. The molecule has 0 aliphatic rings. The van der Waals surface area contributed by atoms with Gasteiger partial charge in [-0.05, 0) is 6.07 Å². The van der Waals surface area contributed by atoms with E-state index in [4.69, 9.17) is 10.4 Å². The Hall–Kier alpha value is -2.33. The van der Waals surface area contributed by atoms with Gasteiger partial charge in [0.2, 0.25) is 0 Å². The molecule has 110 valence electrons. The van der Waals surface area contributed by atoms with Crippen LogP contribution in [0, 0.1) is 11.3 Å². The van der Waals surface area contributed by atoms with E-state index >= 15 is 0 Å². The van der Waals surface area contributed by atoms with Crippen molar-refractivity contribution in [2.45, 2.75) is 6.18 Å². The van der Waals surface area contributed by atoms with Gasteiger partial charge in [0.25, 0.3) is 0 Å². The Labute approximate surface area is 119 Å². The molecule has 21 heavy (non-hydrogen) atoms. The van der Waals surface area contributed by atoms with Crippen molar-refractivity contribution in [1.29, 1.82) is 5.26 Å². The molecule has 1 N–H and O–H groups in total. The van der Waals surface area contributed by atoms with E-state index in [0.717, 1.165) is 4.90 Å². The van der Waals surface area contributed by atoms with E-state index in [1.807, 2.05) is 6.07 Å². The van der Waals surface area contributed by atoms with Crippen molar-refractivity contribution in [2.75, 3.05) is 24.6 Å². The number of fused-ring (bicyclic) bond motifs is 1. The minimum absolute atomic E-state index is 0.0476. The Kier molecular flexibility index (Phi) is 4.29. The van der Waals surface area contributed by atoms with Crippen LogP contribution in [0.4, 0.5) is 18.9 Å². The summed E-state index contributed by atoms with van der Waals surface area (Å²) >= 11 is 0. The monoisotopic (exact) mass is 295 g/mol. The summed E-state index contributed by atoms with van der Waals surface area (Å²) in [5.41, 5.74) is 0.692. The number of anilines is 1. The average Bonchev–Trinajstić information content (AvgIpc) is 2.44. The van der Waals surface area contributed by atoms with Gasteiger partial charge < -0.3 is 10.0 Å². The second-order valence-electron chi connectivity index (χ2n) is 4.41. The SMILES string of the molecule is N#Cc1cnc2ccccc2c1N(CCO)CC(F)(F)F. The van der Waals surface area contributed by atoms with Gasteiger partial charge in [0.05, 0.1) is 23.4 Å². The fourth-order valence-electron chi connectivity index (χ4n) is 2.16. The van der Waals surface area contributed by atoms with Crippen LogP contribution in [-0.2, 0) is 0 Å². The van der Waals surface area contributed by atoms with Crippen LogP contribution in [0.3, 0.4) is 0 Å². The molecular formula is C14H12F3N3O. The van der Waals surface area contributed by atoms with E-state index in [9.17, 15) is 13.2 Å². The smallest absolute Gasteiger partial charge is 0.395 e. The third-order valence-electron chi connectivity index (χ3n) is 2.92. The van der Waals surface area contributed by atoms with Crippen LogP contribution in [0.1, 0.15) is 5.56 Å².